The van der Waals surface area contributed by atoms with Gasteiger partial charge in [-0.3, -0.25) is 0 Å². The second-order valence-electron chi connectivity index (χ2n) is 29.1. The van der Waals surface area contributed by atoms with Crippen LogP contribution >= 0.6 is 0 Å². The Morgan fingerprint density at radius 3 is 0.910 bits per heavy atom. The molecule has 0 unspecified atom stereocenters. The van der Waals surface area contributed by atoms with Crippen molar-refractivity contribution >= 4 is 118 Å². The van der Waals surface area contributed by atoms with Crippen molar-refractivity contribution in [1.82, 2.24) is 9.13 Å². The lowest BCUT2D eigenvalue weighted by Crippen LogP contribution is -2.61. The lowest BCUT2D eigenvalue weighted by Gasteiger charge is -2.46. The summed E-state index contributed by atoms with van der Waals surface area (Å²) in [5.74, 6) is 1.62. The van der Waals surface area contributed by atoms with Gasteiger partial charge >= 0.3 is 0 Å². The van der Waals surface area contributed by atoms with Gasteiger partial charge in [-0.05, 0) is 169 Å². The number of aromatic nitrogens is 2. The van der Waals surface area contributed by atoms with Gasteiger partial charge in [-0.1, -0.05) is 204 Å². The number of rotatable bonds is 5. The monoisotopic (exact) mass is 1160 g/mol. The molecule has 0 saturated carbocycles. The highest BCUT2D eigenvalue weighted by atomic mass is 16.5. The van der Waals surface area contributed by atoms with E-state index < -0.39 is 0 Å². The third-order valence-corrected chi connectivity index (χ3v) is 19.2. The van der Waals surface area contributed by atoms with Crippen molar-refractivity contribution in [3.8, 4) is 22.9 Å². The van der Waals surface area contributed by atoms with Crippen LogP contribution < -0.4 is 35.8 Å². The van der Waals surface area contributed by atoms with Gasteiger partial charge in [0, 0.05) is 67.0 Å². The lowest BCUT2D eigenvalue weighted by molar-refractivity contribution is 0.477. The molecule has 0 amide bonds. The topological polar surface area (TPSA) is 28.8 Å². The van der Waals surface area contributed by atoms with Crippen LogP contribution in [0.5, 0.6) is 11.5 Å². The number of fused-ring (bicyclic) bond motifs is 12. The zero-order valence-corrected chi connectivity index (χ0v) is 53.2. The van der Waals surface area contributed by atoms with Gasteiger partial charge in [0.25, 0.3) is 6.71 Å². The van der Waals surface area contributed by atoms with Gasteiger partial charge < -0.3 is 28.6 Å². The molecule has 3 aliphatic rings. The summed E-state index contributed by atoms with van der Waals surface area (Å²) in [5, 5.41) is 4.95. The molecule has 2 aromatic heterocycles. The van der Waals surface area contributed by atoms with Crippen molar-refractivity contribution in [2.45, 2.75) is 105 Å². The molecule has 0 N–H and O–H groups in total. The highest BCUT2D eigenvalue weighted by Gasteiger charge is 2.46. The molecular weight excluding hydrogens is 1080 g/mol. The Balaban J connectivity index is 1.08. The van der Waals surface area contributed by atoms with Crippen molar-refractivity contribution in [3.63, 3.8) is 0 Å². The molecule has 89 heavy (non-hydrogen) atoms. The maximum Gasteiger partial charge on any atom is 0.252 e. The van der Waals surface area contributed by atoms with Crippen LogP contribution in [0.15, 0.2) is 231 Å². The van der Waals surface area contributed by atoms with Crippen LogP contribution in [0.3, 0.4) is 0 Å². The van der Waals surface area contributed by atoms with Gasteiger partial charge in [0.05, 0.1) is 39.1 Å². The Labute approximate surface area is 523 Å². The predicted molar refractivity (Wildman–Crippen MR) is 379 cm³/mol. The first kappa shape index (κ1) is 54.7. The van der Waals surface area contributed by atoms with E-state index in [1.165, 1.54) is 82.3 Å². The van der Waals surface area contributed by atoms with Gasteiger partial charge in [0.15, 0.2) is 11.5 Å². The van der Waals surface area contributed by atoms with E-state index in [-0.39, 0.29) is 28.4 Å². The summed E-state index contributed by atoms with van der Waals surface area (Å²) in [4.78, 5) is 7.74. The Hall–Kier alpha value is -9.72. The molecule has 13 aromatic rings. The van der Waals surface area contributed by atoms with E-state index in [9.17, 15) is 0 Å². The van der Waals surface area contributed by atoms with Crippen molar-refractivity contribution in [2.24, 2.45) is 0 Å². The minimum Gasteiger partial charge on any atom is -0.453 e. The highest BCUT2D eigenvalue weighted by Crippen LogP contribution is 2.55. The first-order valence-corrected chi connectivity index (χ1v) is 31.7. The summed E-state index contributed by atoms with van der Waals surface area (Å²) in [6.45, 7) is 28.1. The van der Waals surface area contributed by atoms with Gasteiger partial charge in [-0.2, -0.15) is 0 Å². The Morgan fingerprint density at radius 1 is 0.270 bits per heavy atom. The molecule has 0 bridgehead atoms. The molecule has 0 aliphatic carbocycles. The van der Waals surface area contributed by atoms with Gasteiger partial charge in [-0.15, -0.1) is 0 Å². The Bertz CT molecular complexity index is 4610. The van der Waals surface area contributed by atoms with Crippen molar-refractivity contribution in [3.05, 3.63) is 253 Å². The summed E-state index contributed by atoms with van der Waals surface area (Å²) in [6, 6.07) is 87.2. The quantitative estimate of drug-likeness (QED) is 0.161. The van der Waals surface area contributed by atoms with Gasteiger partial charge in [0.1, 0.15) is 0 Å². The largest absolute Gasteiger partial charge is 0.453 e. The van der Waals surface area contributed by atoms with Crippen LogP contribution in [0.4, 0.5) is 51.2 Å². The number of nitrogens with zero attached hydrogens (tertiary/aromatic N) is 5. The van der Waals surface area contributed by atoms with E-state index >= 15 is 0 Å². The van der Waals surface area contributed by atoms with Crippen molar-refractivity contribution < 1.29 is 4.74 Å². The standard InChI is InChI=1S/C82H74BN5O/c1-79(2,3)51-41-52(80(4,5)6)44-57(43-51)87-72-47-55(84-66-29-17-13-25-60(66)61-26-14-18-30-67(61)84)37-39-64(72)83-65-40-38-56(85-68-31-19-15-27-62(68)63-28-16-20-32-69(63)85)48-73(65)88(58-45-53(81(7,8)9)42-54(46-58)82(10,11)12)75-50-59(49-74(87)78(75)83)86-70-33-21-23-35-76(70)89-77-36-24-22-34-71(77)86/h13-50H,1-12H3. The molecule has 0 saturated heterocycles. The number of hydrogen-bond acceptors (Lipinski definition) is 4. The highest BCUT2D eigenvalue weighted by molar-refractivity contribution is 7.00. The summed E-state index contributed by atoms with van der Waals surface area (Å²) in [7, 11) is 0. The number of anilines is 9. The van der Waals surface area contributed by atoms with E-state index in [1.54, 1.807) is 0 Å². The van der Waals surface area contributed by atoms with Crippen molar-refractivity contribution in [1.29, 1.82) is 0 Å². The molecule has 3 aliphatic heterocycles. The fourth-order valence-corrected chi connectivity index (χ4v) is 14.5. The van der Waals surface area contributed by atoms with E-state index in [1.807, 2.05) is 0 Å². The Morgan fingerprint density at radius 2 is 0.562 bits per heavy atom. The minimum absolute atomic E-state index is 0.156. The Kier molecular flexibility index (Phi) is 11.9. The number of para-hydroxylation sites is 8. The fraction of sp³-hybridized carbons (Fsp3) is 0.195. The fourth-order valence-electron chi connectivity index (χ4n) is 14.5. The van der Waals surface area contributed by atoms with Gasteiger partial charge in [0.2, 0.25) is 0 Å². The molecule has 0 atom stereocenters. The number of hydrogen-bond donors (Lipinski definition) is 0. The summed E-state index contributed by atoms with van der Waals surface area (Å²) in [5.41, 5.74) is 25.1. The third kappa shape index (κ3) is 8.59. The average Bonchev–Trinajstić information content (AvgIpc) is 1.27. The summed E-state index contributed by atoms with van der Waals surface area (Å²) < 4.78 is 11.8. The second kappa shape index (κ2) is 19.4. The molecular formula is C82H74BN5O. The summed E-state index contributed by atoms with van der Waals surface area (Å²) in [6.07, 6.45) is 0. The maximum atomic E-state index is 6.83. The van der Waals surface area contributed by atoms with E-state index in [4.69, 9.17) is 4.74 Å². The SMILES string of the molecule is CC(C)(C)c1cc(N2c3cc(-n4c5ccccc5c5ccccc54)ccc3B3c4ccc(-n5c6ccccc6c6ccccc65)cc4N(c4cc(C(C)(C)C)cc(C(C)(C)C)c4)c4cc(N5c6ccccc6Oc6ccccc65)cc2c43)cc(C(C)(C)C)c1. The van der Waals surface area contributed by atoms with E-state index in [0.29, 0.717) is 0 Å². The number of ether oxygens (including phenoxy) is 1. The molecule has 7 heteroatoms. The molecule has 16 rings (SSSR count). The van der Waals surface area contributed by atoms with Crippen LogP contribution in [-0.4, -0.2) is 15.8 Å². The normalized spacial score (nSPS) is 13.8. The zero-order valence-electron chi connectivity index (χ0n) is 53.2. The lowest BCUT2D eigenvalue weighted by atomic mass is 9.33. The number of benzene rings is 11. The molecule has 5 heterocycles. The van der Waals surface area contributed by atoms with Crippen LogP contribution in [-0.2, 0) is 21.7 Å². The molecule has 0 radical (unpaired) electrons. The van der Waals surface area contributed by atoms with Crippen LogP contribution in [0.1, 0.15) is 105 Å². The first-order valence-electron chi connectivity index (χ1n) is 31.7. The molecule has 0 spiro atoms. The third-order valence-electron chi connectivity index (χ3n) is 19.2. The first-order chi connectivity index (χ1) is 42.7. The maximum absolute atomic E-state index is 6.83. The predicted octanol–water partition coefficient (Wildman–Crippen LogP) is 20.7. The molecule has 11 aromatic carbocycles. The van der Waals surface area contributed by atoms with E-state index in [0.717, 1.165) is 74.1 Å². The molecule has 6 nitrogen and oxygen atoms in total. The van der Waals surface area contributed by atoms with Gasteiger partial charge in [-0.25, -0.2) is 0 Å². The van der Waals surface area contributed by atoms with Crippen molar-refractivity contribution in [2.75, 3.05) is 14.7 Å². The van der Waals surface area contributed by atoms with E-state index in [2.05, 4.69) is 337 Å². The van der Waals surface area contributed by atoms with Crippen LogP contribution in [0.2, 0.25) is 0 Å². The average molecular weight is 1160 g/mol. The second-order valence-corrected chi connectivity index (χ2v) is 29.1. The summed E-state index contributed by atoms with van der Waals surface area (Å²) >= 11 is 0. The van der Waals surface area contributed by atoms with Crippen LogP contribution in [0, 0.1) is 0 Å². The zero-order chi connectivity index (χ0) is 61.2. The smallest absolute Gasteiger partial charge is 0.252 e. The molecule has 436 valence electrons. The van der Waals surface area contributed by atoms with Crippen LogP contribution in [0.25, 0.3) is 55.0 Å². The molecule has 0 fully saturated rings. The minimum atomic E-state index is -0.184.